The van der Waals surface area contributed by atoms with Crippen LogP contribution in [0.15, 0.2) is 45.3 Å². The SMILES string of the molecule is NCC1CCCN1C(=O)c1ccc(COc2cccc(Br)c2)o1. The molecule has 1 aromatic carbocycles. The molecule has 5 nitrogen and oxygen atoms in total. The van der Waals surface area contributed by atoms with Crippen LogP contribution < -0.4 is 10.5 Å². The Morgan fingerprint density at radius 1 is 1.39 bits per heavy atom. The van der Waals surface area contributed by atoms with Crippen molar-refractivity contribution in [2.24, 2.45) is 5.73 Å². The van der Waals surface area contributed by atoms with Gasteiger partial charge in [0.15, 0.2) is 5.76 Å². The summed E-state index contributed by atoms with van der Waals surface area (Å²) in [6.45, 7) is 1.51. The van der Waals surface area contributed by atoms with E-state index in [0.717, 1.165) is 29.6 Å². The molecule has 1 aliphatic heterocycles. The van der Waals surface area contributed by atoms with Crippen LogP contribution in [0.25, 0.3) is 0 Å². The molecule has 23 heavy (non-hydrogen) atoms. The summed E-state index contributed by atoms with van der Waals surface area (Å²) >= 11 is 3.40. The fourth-order valence-corrected chi connectivity index (χ4v) is 3.15. The molecular formula is C17H19BrN2O3. The molecule has 1 saturated heterocycles. The van der Waals surface area contributed by atoms with E-state index in [2.05, 4.69) is 15.9 Å². The number of carbonyl (C=O) groups excluding carboxylic acids is 1. The molecule has 2 heterocycles. The van der Waals surface area contributed by atoms with Crippen LogP contribution in [0.4, 0.5) is 0 Å². The number of nitrogens with zero attached hydrogens (tertiary/aromatic N) is 1. The average molecular weight is 379 g/mol. The first-order valence-corrected chi connectivity index (χ1v) is 8.45. The minimum Gasteiger partial charge on any atom is -0.486 e. The highest BCUT2D eigenvalue weighted by Gasteiger charge is 2.29. The molecule has 1 amide bonds. The van der Waals surface area contributed by atoms with E-state index in [9.17, 15) is 4.79 Å². The lowest BCUT2D eigenvalue weighted by molar-refractivity contribution is 0.0705. The molecule has 6 heteroatoms. The number of carbonyl (C=O) groups is 1. The summed E-state index contributed by atoms with van der Waals surface area (Å²) in [5.74, 6) is 1.62. The molecule has 2 N–H and O–H groups in total. The third kappa shape index (κ3) is 3.76. The monoisotopic (exact) mass is 378 g/mol. The Kier molecular flexibility index (Phi) is 5.03. The summed E-state index contributed by atoms with van der Waals surface area (Å²) in [5, 5.41) is 0. The van der Waals surface area contributed by atoms with Crippen molar-refractivity contribution in [3.8, 4) is 5.75 Å². The van der Waals surface area contributed by atoms with Crippen LogP contribution in [0, 0.1) is 0 Å². The van der Waals surface area contributed by atoms with Gasteiger partial charge in [0, 0.05) is 23.6 Å². The molecule has 1 atom stereocenters. The largest absolute Gasteiger partial charge is 0.486 e. The van der Waals surface area contributed by atoms with Gasteiger partial charge in [0.1, 0.15) is 18.1 Å². The fourth-order valence-electron chi connectivity index (χ4n) is 2.77. The number of amides is 1. The number of nitrogens with two attached hydrogens (primary N) is 1. The van der Waals surface area contributed by atoms with Gasteiger partial charge in [-0.3, -0.25) is 4.79 Å². The zero-order valence-electron chi connectivity index (χ0n) is 12.7. The summed E-state index contributed by atoms with van der Waals surface area (Å²) in [5.41, 5.74) is 5.72. The molecule has 0 spiro atoms. The van der Waals surface area contributed by atoms with Crippen LogP contribution in [0.2, 0.25) is 0 Å². The van der Waals surface area contributed by atoms with Crippen molar-refractivity contribution >= 4 is 21.8 Å². The van der Waals surface area contributed by atoms with Crippen molar-refractivity contribution in [3.63, 3.8) is 0 Å². The lowest BCUT2D eigenvalue weighted by Gasteiger charge is -2.22. The van der Waals surface area contributed by atoms with Crippen LogP contribution >= 0.6 is 15.9 Å². The predicted octanol–water partition coefficient (Wildman–Crippen LogP) is 3.18. The van der Waals surface area contributed by atoms with Crippen LogP contribution in [-0.4, -0.2) is 29.9 Å². The summed E-state index contributed by atoms with van der Waals surface area (Å²) in [6, 6.07) is 11.2. The maximum atomic E-state index is 12.5. The number of hydrogen-bond acceptors (Lipinski definition) is 4. The van der Waals surface area contributed by atoms with E-state index in [4.69, 9.17) is 14.9 Å². The van der Waals surface area contributed by atoms with Crippen molar-refractivity contribution in [1.82, 2.24) is 4.90 Å². The molecule has 1 aromatic heterocycles. The van der Waals surface area contributed by atoms with E-state index >= 15 is 0 Å². The number of benzene rings is 1. The first kappa shape index (κ1) is 16.1. The molecule has 2 aromatic rings. The minimum absolute atomic E-state index is 0.0911. The van der Waals surface area contributed by atoms with Crippen molar-refractivity contribution in [3.05, 3.63) is 52.4 Å². The highest BCUT2D eigenvalue weighted by Crippen LogP contribution is 2.22. The molecule has 0 radical (unpaired) electrons. The number of ether oxygens (including phenoxy) is 1. The van der Waals surface area contributed by atoms with Crippen molar-refractivity contribution < 1.29 is 13.9 Å². The van der Waals surface area contributed by atoms with Crippen LogP contribution in [-0.2, 0) is 6.61 Å². The Bertz CT molecular complexity index is 686. The van der Waals surface area contributed by atoms with E-state index in [1.54, 1.807) is 17.0 Å². The van der Waals surface area contributed by atoms with E-state index in [-0.39, 0.29) is 18.6 Å². The van der Waals surface area contributed by atoms with E-state index in [1.807, 2.05) is 24.3 Å². The Morgan fingerprint density at radius 2 is 2.26 bits per heavy atom. The van der Waals surface area contributed by atoms with Gasteiger partial charge in [0.25, 0.3) is 5.91 Å². The van der Waals surface area contributed by atoms with Gasteiger partial charge in [-0.25, -0.2) is 0 Å². The lowest BCUT2D eigenvalue weighted by atomic mass is 10.2. The molecule has 0 bridgehead atoms. The molecule has 3 rings (SSSR count). The van der Waals surface area contributed by atoms with Gasteiger partial charge in [0.05, 0.1) is 0 Å². The summed E-state index contributed by atoms with van der Waals surface area (Å²) in [4.78, 5) is 14.3. The van der Waals surface area contributed by atoms with Crippen molar-refractivity contribution in [1.29, 1.82) is 0 Å². The van der Waals surface area contributed by atoms with Crippen molar-refractivity contribution in [2.45, 2.75) is 25.5 Å². The average Bonchev–Trinajstić information content (AvgIpc) is 3.21. The summed E-state index contributed by atoms with van der Waals surface area (Å²) < 4.78 is 12.3. The summed E-state index contributed by atoms with van der Waals surface area (Å²) in [6.07, 6.45) is 1.95. The molecule has 0 saturated carbocycles. The number of furan rings is 1. The third-order valence-corrected chi connectivity index (χ3v) is 4.45. The topological polar surface area (TPSA) is 68.7 Å². The lowest BCUT2D eigenvalue weighted by Crippen LogP contribution is -2.39. The Morgan fingerprint density at radius 3 is 3.04 bits per heavy atom. The highest BCUT2D eigenvalue weighted by atomic mass is 79.9. The van der Waals surface area contributed by atoms with Gasteiger partial charge >= 0.3 is 0 Å². The molecule has 1 aliphatic rings. The molecule has 122 valence electrons. The Hall–Kier alpha value is -1.79. The van der Waals surface area contributed by atoms with Gasteiger partial charge < -0.3 is 19.8 Å². The first-order valence-electron chi connectivity index (χ1n) is 7.65. The first-order chi connectivity index (χ1) is 11.2. The van der Waals surface area contributed by atoms with Gasteiger partial charge in [-0.05, 0) is 43.2 Å². The number of halogens is 1. The second-order valence-electron chi connectivity index (χ2n) is 5.54. The number of rotatable bonds is 5. The summed E-state index contributed by atoms with van der Waals surface area (Å²) in [7, 11) is 0. The van der Waals surface area contributed by atoms with Gasteiger partial charge in [-0.2, -0.15) is 0 Å². The Balaban J connectivity index is 1.62. The van der Waals surface area contributed by atoms with Crippen molar-refractivity contribution in [2.75, 3.05) is 13.1 Å². The maximum Gasteiger partial charge on any atom is 0.289 e. The maximum absolute atomic E-state index is 12.5. The number of likely N-dealkylation sites (tertiary alicyclic amines) is 1. The molecule has 1 fully saturated rings. The van der Waals surface area contributed by atoms with Gasteiger partial charge in [-0.15, -0.1) is 0 Å². The third-order valence-electron chi connectivity index (χ3n) is 3.96. The minimum atomic E-state index is -0.0911. The van der Waals surface area contributed by atoms with Gasteiger partial charge in [0.2, 0.25) is 0 Å². The van der Waals surface area contributed by atoms with E-state index < -0.39 is 0 Å². The predicted molar refractivity (Wildman–Crippen MR) is 90.3 cm³/mol. The van der Waals surface area contributed by atoms with Gasteiger partial charge in [-0.1, -0.05) is 22.0 Å². The second-order valence-corrected chi connectivity index (χ2v) is 6.46. The quantitative estimate of drug-likeness (QED) is 0.867. The molecular weight excluding hydrogens is 360 g/mol. The van der Waals surface area contributed by atoms with Crippen LogP contribution in [0.1, 0.15) is 29.2 Å². The standard InChI is InChI=1S/C17H19BrN2O3/c18-12-3-1-5-14(9-12)22-11-15-6-7-16(23-15)17(21)20-8-2-4-13(20)10-19/h1,3,5-7,9,13H,2,4,8,10-11,19H2. The van der Waals surface area contributed by atoms with Crippen LogP contribution in [0.3, 0.4) is 0 Å². The normalized spacial score (nSPS) is 17.5. The smallest absolute Gasteiger partial charge is 0.289 e. The highest BCUT2D eigenvalue weighted by molar-refractivity contribution is 9.10. The molecule has 0 aliphatic carbocycles. The van der Waals surface area contributed by atoms with E-state index in [0.29, 0.717) is 18.1 Å². The zero-order valence-corrected chi connectivity index (χ0v) is 14.3. The second kappa shape index (κ2) is 7.19. The van der Waals surface area contributed by atoms with E-state index in [1.165, 1.54) is 0 Å². The fraction of sp³-hybridized carbons (Fsp3) is 0.353. The Labute approximate surface area is 143 Å². The molecule has 1 unspecified atom stereocenters. The van der Waals surface area contributed by atoms with Crippen LogP contribution in [0.5, 0.6) is 5.75 Å². The number of hydrogen-bond donors (Lipinski definition) is 1. The zero-order chi connectivity index (χ0) is 16.2.